The van der Waals surface area contributed by atoms with Crippen LogP contribution < -0.4 is 9.47 Å². The summed E-state index contributed by atoms with van der Waals surface area (Å²) in [5, 5.41) is 0. The summed E-state index contributed by atoms with van der Waals surface area (Å²) in [5.74, 6) is -1.43. The van der Waals surface area contributed by atoms with Gasteiger partial charge in [-0.25, -0.2) is 9.37 Å². The largest absolute Gasteiger partial charge is 0.573 e. The second-order valence-electron chi connectivity index (χ2n) is 3.76. The summed E-state index contributed by atoms with van der Waals surface area (Å²) in [4.78, 5) is 3.68. The van der Waals surface area contributed by atoms with Gasteiger partial charge < -0.3 is 9.47 Å². The Morgan fingerprint density at radius 1 is 1.15 bits per heavy atom. The van der Waals surface area contributed by atoms with Gasteiger partial charge in [0, 0.05) is 17.3 Å². The molecule has 0 radical (unpaired) electrons. The van der Waals surface area contributed by atoms with Gasteiger partial charge >= 0.3 is 6.36 Å². The van der Waals surface area contributed by atoms with Gasteiger partial charge in [-0.2, -0.15) is 0 Å². The number of para-hydroxylation sites is 1. The van der Waals surface area contributed by atoms with E-state index in [-0.39, 0.29) is 17.0 Å². The lowest BCUT2D eigenvalue weighted by molar-refractivity contribution is -0.274. The van der Waals surface area contributed by atoms with Crippen LogP contribution in [0.5, 0.6) is 11.6 Å². The lowest BCUT2D eigenvalue weighted by atomic mass is 10.1. The second-order valence-corrected chi connectivity index (χ2v) is 3.76. The van der Waals surface area contributed by atoms with E-state index in [1.165, 1.54) is 31.5 Å². The van der Waals surface area contributed by atoms with E-state index in [2.05, 4.69) is 14.5 Å². The minimum atomic E-state index is -4.82. The van der Waals surface area contributed by atoms with Crippen LogP contribution in [-0.4, -0.2) is 18.5 Å². The molecule has 3 nitrogen and oxygen atoms in total. The van der Waals surface area contributed by atoms with Crippen molar-refractivity contribution in [3.8, 4) is 22.8 Å². The highest BCUT2D eigenvalue weighted by Crippen LogP contribution is 2.34. The van der Waals surface area contributed by atoms with Crippen molar-refractivity contribution in [2.45, 2.75) is 6.36 Å². The highest BCUT2D eigenvalue weighted by Gasteiger charge is 2.32. The van der Waals surface area contributed by atoms with Crippen molar-refractivity contribution < 1.29 is 27.0 Å². The molecule has 0 aliphatic carbocycles. The van der Waals surface area contributed by atoms with Gasteiger partial charge in [-0.15, -0.1) is 13.2 Å². The van der Waals surface area contributed by atoms with Crippen LogP contribution >= 0.6 is 0 Å². The fraction of sp³-hybridized carbons (Fsp3) is 0.154. The maximum atomic E-state index is 13.6. The molecule has 7 heteroatoms. The zero-order valence-corrected chi connectivity index (χ0v) is 10.2. The van der Waals surface area contributed by atoms with Crippen LogP contribution in [0.2, 0.25) is 0 Å². The number of halogens is 4. The molecule has 0 aliphatic rings. The van der Waals surface area contributed by atoms with E-state index in [9.17, 15) is 17.6 Å². The average Bonchev–Trinajstić information content (AvgIpc) is 2.37. The van der Waals surface area contributed by atoms with E-state index >= 15 is 0 Å². The van der Waals surface area contributed by atoms with E-state index in [0.717, 1.165) is 12.1 Å². The molecule has 0 bridgehead atoms. The van der Waals surface area contributed by atoms with Crippen molar-refractivity contribution >= 4 is 0 Å². The molecule has 1 heterocycles. The van der Waals surface area contributed by atoms with Crippen LogP contribution in [0, 0.1) is 5.82 Å². The number of ether oxygens (including phenoxy) is 2. The first-order chi connectivity index (χ1) is 9.40. The van der Waals surface area contributed by atoms with E-state index in [1.807, 2.05) is 0 Å². The van der Waals surface area contributed by atoms with Gasteiger partial charge in [-0.3, -0.25) is 0 Å². The average molecular weight is 287 g/mol. The standard InChI is InChI=1S/C13H9F4NO2/c1-19-12-10(14)6-8(7-18-12)9-4-2-3-5-11(9)20-13(15,16)17/h2-7H,1H3. The predicted octanol–water partition coefficient (Wildman–Crippen LogP) is 3.79. The molecule has 1 aromatic carbocycles. The van der Waals surface area contributed by atoms with Gasteiger partial charge in [0.05, 0.1) is 7.11 Å². The Bertz CT molecular complexity index is 614. The molecule has 0 N–H and O–H groups in total. The first-order valence-electron chi connectivity index (χ1n) is 5.45. The molecule has 106 valence electrons. The fourth-order valence-electron chi connectivity index (χ4n) is 1.64. The Morgan fingerprint density at radius 2 is 1.85 bits per heavy atom. The Kier molecular flexibility index (Phi) is 3.78. The molecule has 0 unspecified atom stereocenters. The summed E-state index contributed by atoms with van der Waals surface area (Å²) < 4.78 is 59.0. The molecule has 2 rings (SSSR count). The van der Waals surface area contributed by atoms with Crippen LogP contribution in [-0.2, 0) is 0 Å². The highest BCUT2D eigenvalue weighted by atomic mass is 19.4. The van der Waals surface area contributed by atoms with Crippen LogP contribution in [0.25, 0.3) is 11.1 Å². The van der Waals surface area contributed by atoms with Crippen molar-refractivity contribution in [1.82, 2.24) is 4.98 Å². The Balaban J connectivity index is 2.45. The van der Waals surface area contributed by atoms with Crippen LogP contribution in [0.3, 0.4) is 0 Å². The van der Waals surface area contributed by atoms with E-state index in [4.69, 9.17) is 0 Å². The van der Waals surface area contributed by atoms with Crippen molar-refractivity contribution in [3.63, 3.8) is 0 Å². The van der Waals surface area contributed by atoms with E-state index in [1.54, 1.807) is 0 Å². The van der Waals surface area contributed by atoms with E-state index in [0.29, 0.717) is 0 Å². The van der Waals surface area contributed by atoms with Crippen molar-refractivity contribution in [3.05, 3.63) is 42.3 Å². The third-order valence-corrected chi connectivity index (χ3v) is 2.42. The minimum absolute atomic E-state index is 0.0823. The van der Waals surface area contributed by atoms with Gasteiger partial charge in [0.15, 0.2) is 5.82 Å². The van der Waals surface area contributed by atoms with Gasteiger partial charge in [0.25, 0.3) is 0 Å². The quantitative estimate of drug-likeness (QED) is 0.805. The number of nitrogens with zero attached hydrogens (tertiary/aromatic N) is 1. The molecule has 1 aromatic heterocycles. The zero-order valence-electron chi connectivity index (χ0n) is 10.2. The van der Waals surface area contributed by atoms with Crippen molar-refractivity contribution in [2.24, 2.45) is 0 Å². The SMILES string of the molecule is COc1ncc(-c2ccccc2OC(F)(F)F)cc1F. The Morgan fingerprint density at radius 3 is 2.45 bits per heavy atom. The summed E-state index contributed by atoms with van der Waals surface area (Å²) in [6.07, 6.45) is -3.62. The number of benzene rings is 1. The zero-order chi connectivity index (χ0) is 14.8. The van der Waals surface area contributed by atoms with Gasteiger partial charge in [-0.1, -0.05) is 18.2 Å². The molecule has 0 atom stereocenters. The molecule has 2 aromatic rings. The van der Waals surface area contributed by atoms with Gasteiger partial charge in [-0.05, 0) is 12.1 Å². The lowest BCUT2D eigenvalue weighted by Gasteiger charge is -2.13. The minimum Gasteiger partial charge on any atom is -0.479 e. The molecule has 0 spiro atoms. The lowest BCUT2D eigenvalue weighted by Crippen LogP contribution is -2.17. The third-order valence-electron chi connectivity index (χ3n) is 2.42. The fourth-order valence-corrected chi connectivity index (χ4v) is 1.64. The summed E-state index contributed by atoms with van der Waals surface area (Å²) in [5.41, 5.74) is 0.238. The van der Waals surface area contributed by atoms with E-state index < -0.39 is 17.9 Å². The molecule has 0 saturated heterocycles. The molecule has 0 saturated carbocycles. The van der Waals surface area contributed by atoms with Crippen molar-refractivity contribution in [2.75, 3.05) is 7.11 Å². The topological polar surface area (TPSA) is 31.4 Å². The van der Waals surface area contributed by atoms with Gasteiger partial charge in [0.1, 0.15) is 5.75 Å². The second kappa shape index (κ2) is 5.36. The van der Waals surface area contributed by atoms with Crippen LogP contribution in [0.15, 0.2) is 36.5 Å². The first-order valence-corrected chi connectivity index (χ1v) is 5.45. The number of pyridine rings is 1. The number of methoxy groups -OCH3 is 1. The first kappa shape index (κ1) is 14.1. The molecule has 0 amide bonds. The summed E-state index contributed by atoms with van der Waals surface area (Å²) >= 11 is 0. The number of aromatic nitrogens is 1. The maximum Gasteiger partial charge on any atom is 0.573 e. The van der Waals surface area contributed by atoms with Crippen molar-refractivity contribution in [1.29, 1.82) is 0 Å². The third kappa shape index (κ3) is 3.17. The molecular weight excluding hydrogens is 278 g/mol. The number of hydrogen-bond acceptors (Lipinski definition) is 3. The molecular formula is C13H9F4NO2. The summed E-state index contributed by atoms with van der Waals surface area (Å²) in [6, 6.07) is 6.46. The maximum absolute atomic E-state index is 13.6. The Labute approximate surface area is 111 Å². The van der Waals surface area contributed by atoms with Crippen LogP contribution in [0.4, 0.5) is 17.6 Å². The smallest absolute Gasteiger partial charge is 0.479 e. The molecule has 0 aliphatic heterocycles. The number of hydrogen-bond donors (Lipinski definition) is 0. The predicted molar refractivity (Wildman–Crippen MR) is 62.9 cm³/mol. The van der Waals surface area contributed by atoms with Gasteiger partial charge in [0.2, 0.25) is 5.88 Å². The summed E-state index contributed by atoms with van der Waals surface area (Å²) in [6.45, 7) is 0. The number of rotatable bonds is 3. The molecule has 0 fully saturated rings. The molecule has 20 heavy (non-hydrogen) atoms. The monoisotopic (exact) mass is 287 g/mol. The van der Waals surface area contributed by atoms with Crippen LogP contribution in [0.1, 0.15) is 0 Å². The summed E-state index contributed by atoms with van der Waals surface area (Å²) in [7, 11) is 1.24. The highest BCUT2D eigenvalue weighted by molar-refractivity contribution is 5.70. The Hall–Kier alpha value is -2.31. The normalized spacial score (nSPS) is 11.2. The number of alkyl halides is 3.